The van der Waals surface area contributed by atoms with Crippen molar-refractivity contribution in [2.75, 3.05) is 12.4 Å². The molecule has 0 aliphatic heterocycles. The van der Waals surface area contributed by atoms with Gasteiger partial charge < -0.3 is 19.1 Å². The number of hydrogen-bond donors (Lipinski definition) is 1. The van der Waals surface area contributed by atoms with Gasteiger partial charge in [0, 0.05) is 18.3 Å². The largest absolute Gasteiger partial charge is 0.493 e. The molecule has 0 fully saturated rings. The monoisotopic (exact) mass is 550 g/mol. The number of halogens is 3. The lowest BCUT2D eigenvalue weighted by atomic mass is 10.1. The molecule has 2 amide bonds. The van der Waals surface area contributed by atoms with Crippen molar-refractivity contribution in [3.8, 4) is 11.5 Å². The summed E-state index contributed by atoms with van der Waals surface area (Å²) in [7, 11) is -3.32. The summed E-state index contributed by atoms with van der Waals surface area (Å²) in [4.78, 5) is 14.0. The highest BCUT2D eigenvalue weighted by Gasteiger charge is 2.32. The maximum Gasteiger partial charge on any atom is 0.416 e. The Bertz CT molecular complexity index is 1390. The van der Waals surface area contributed by atoms with E-state index in [1.54, 1.807) is 17.0 Å². The summed E-state index contributed by atoms with van der Waals surface area (Å²) in [5.74, 6) is -0.164. The molecule has 0 aliphatic rings. The van der Waals surface area contributed by atoms with Crippen LogP contribution in [0.1, 0.15) is 37.5 Å². The summed E-state index contributed by atoms with van der Waals surface area (Å²) in [6, 6.07) is 14.7. The fourth-order valence-corrected chi connectivity index (χ4v) is 4.61. The van der Waals surface area contributed by atoms with Gasteiger partial charge in [0.05, 0.1) is 12.7 Å². The smallest absolute Gasteiger partial charge is 0.416 e. The third-order valence-corrected chi connectivity index (χ3v) is 6.93. The molecule has 0 bridgehead atoms. The number of urea groups is 1. The molecule has 0 unspecified atom stereocenters. The topological polar surface area (TPSA) is 84.9 Å². The molecule has 11 heteroatoms. The summed E-state index contributed by atoms with van der Waals surface area (Å²) in [6.45, 7) is 5.78. The Hall–Kier alpha value is -3.73. The molecule has 0 heterocycles. The Kier molecular flexibility index (Phi) is 8.93. The van der Waals surface area contributed by atoms with Crippen LogP contribution < -0.4 is 14.2 Å². The number of carbonyl (C=O) groups is 1. The van der Waals surface area contributed by atoms with Gasteiger partial charge in [-0.2, -0.15) is 21.6 Å². The molecule has 0 radical (unpaired) electrons. The quantitative estimate of drug-likeness (QED) is 0.308. The highest BCUT2D eigenvalue weighted by molar-refractivity contribution is 7.87. The average molecular weight is 551 g/mol. The number of carbonyl (C=O) groups excluding carboxylic acids is 1. The molecule has 0 aliphatic carbocycles. The average Bonchev–Trinajstić information content (AvgIpc) is 2.86. The van der Waals surface area contributed by atoms with Crippen LogP contribution in [0.3, 0.4) is 0 Å². The fraction of sp³-hybridized carbons (Fsp3) is 0.296. The molecule has 0 spiro atoms. The van der Waals surface area contributed by atoms with E-state index in [1.807, 2.05) is 39.0 Å². The van der Waals surface area contributed by atoms with Crippen molar-refractivity contribution < 1.29 is 35.3 Å². The van der Waals surface area contributed by atoms with Gasteiger partial charge in [0.15, 0.2) is 11.5 Å². The lowest BCUT2D eigenvalue weighted by Crippen LogP contribution is -2.39. The molecule has 0 saturated heterocycles. The van der Waals surface area contributed by atoms with E-state index in [9.17, 15) is 26.4 Å². The van der Waals surface area contributed by atoms with Crippen LogP contribution in [0, 0.1) is 0 Å². The van der Waals surface area contributed by atoms with E-state index in [0.29, 0.717) is 17.3 Å². The van der Waals surface area contributed by atoms with Crippen molar-refractivity contribution in [3.63, 3.8) is 0 Å². The van der Waals surface area contributed by atoms with Crippen molar-refractivity contribution in [1.29, 1.82) is 0 Å². The van der Waals surface area contributed by atoms with Gasteiger partial charge in [-0.25, -0.2) is 4.79 Å². The number of nitrogens with zero attached hydrogens (tertiary/aromatic N) is 1. The zero-order valence-corrected chi connectivity index (χ0v) is 22.2. The van der Waals surface area contributed by atoms with Gasteiger partial charge in [0.2, 0.25) is 0 Å². The van der Waals surface area contributed by atoms with E-state index in [0.717, 1.165) is 30.2 Å². The number of alkyl halides is 3. The second kappa shape index (κ2) is 11.8. The third kappa shape index (κ3) is 7.18. The number of ether oxygens (including phenoxy) is 1. The van der Waals surface area contributed by atoms with Gasteiger partial charge >= 0.3 is 22.3 Å². The first kappa shape index (κ1) is 28.8. The summed E-state index contributed by atoms with van der Waals surface area (Å²) >= 11 is 0. The lowest BCUT2D eigenvalue weighted by molar-refractivity contribution is -0.137. The van der Waals surface area contributed by atoms with Gasteiger partial charge in [-0.05, 0) is 73.9 Å². The predicted octanol–water partition coefficient (Wildman–Crippen LogP) is 6.49. The van der Waals surface area contributed by atoms with Crippen LogP contribution in [0.25, 0.3) is 0 Å². The van der Waals surface area contributed by atoms with Crippen LogP contribution in [0.2, 0.25) is 0 Å². The van der Waals surface area contributed by atoms with Crippen molar-refractivity contribution in [2.24, 2.45) is 0 Å². The van der Waals surface area contributed by atoms with E-state index in [2.05, 4.69) is 5.32 Å². The Morgan fingerprint density at radius 3 is 2.32 bits per heavy atom. The number of nitrogens with one attached hydrogen (secondary N) is 1. The Labute approximate surface area is 220 Å². The minimum absolute atomic E-state index is 0.0567. The number of benzene rings is 3. The van der Waals surface area contributed by atoms with Crippen LogP contribution >= 0.6 is 0 Å². The van der Waals surface area contributed by atoms with Gasteiger partial charge in [0.25, 0.3) is 0 Å². The summed E-state index contributed by atoms with van der Waals surface area (Å²) in [5.41, 5.74) is 1.11. The molecule has 204 valence electrons. The summed E-state index contributed by atoms with van der Waals surface area (Å²) in [6.07, 6.45) is -3.91. The van der Waals surface area contributed by atoms with Crippen LogP contribution in [0.4, 0.5) is 23.7 Å². The van der Waals surface area contributed by atoms with Crippen LogP contribution in [0.5, 0.6) is 11.5 Å². The number of methoxy groups -OCH3 is 1. The second-order valence-corrected chi connectivity index (χ2v) is 10.3. The summed E-state index contributed by atoms with van der Waals surface area (Å²) in [5, 5.41) is 2.88. The van der Waals surface area contributed by atoms with Crippen molar-refractivity contribution in [2.45, 2.75) is 50.9 Å². The predicted molar refractivity (Wildman–Crippen MR) is 138 cm³/mol. The maximum atomic E-state index is 13.1. The Morgan fingerprint density at radius 1 is 0.974 bits per heavy atom. The molecule has 0 aromatic heterocycles. The molecule has 3 aromatic rings. The number of rotatable bonds is 9. The molecule has 0 saturated carbocycles. The van der Waals surface area contributed by atoms with Crippen LogP contribution in [-0.4, -0.2) is 32.5 Å². The Balaban J connectivity index is 1.86. The molecule has 3 rings (SSSR count). The van der Waals surface area contributed by atoms with Crippen molar-refractivity contribution in [3.05, 3.63) is 83.4 Å². The van der Waals surface area contributed by atoms with E-state index in [4.69, 9.17) is 8.92 Å². The zero-order chi connectivity index (χ0) is 28.1. The molecular formula is C27H29F3N2O5S. The third-order valence-electron chi connectivity index (χ3n) is 5.70. The fourth-order valence-electron chi connectivity index (χ4n) is 3.63. The van der Waals surface area contributed by atoms with Gasteiger partial charge in [-0.3, -0.25) is 0 Å². The molecule has 3 aromatic carbocycles. The SMILES string of the molecule is CCc1cccc(NC(=O)N(Cc2ccc(OC)c(OS(=O)(=O)c3cccc(C(F)(F)F)c3)c2)C(C)C)c1. The van der Waals surface area contributed by atoms with E-state index < -0.39 is 26.8 Å². The molecule has 1 N–H and O–H groups in total. The number of amides is 2. The minimum Gasteiger partial charge on any atom is -0.493 e. The molecule has 38 heavy (non-hydrogen) atoms. The van der Waals surface area contributed by atoms with Crippen LogP contribution in [-0.2, 0) is 29.3 Å². The standard InChI is InChI=1S/C27H29F3N2O5S/c1-5-19-8-6-10-22(14-19)31-26(33)32(18(2)3)17-20-12-13-24(36-4)25(15-20)37-38(34,35)23-11-7-9-21(16-23)27(28,29)30/h6-16,18H,5,17H2,1-4H3,(H,31,33). The highest BCUT2D eigenvalue weighted by atomic mass is 32.2. The maximum absolute atomic E-state index is 13.1. The van der Waals surface area contributed by atoms with Gasteiger partial charge in [-0.1, -0.05) is 31.2 Å². The van der Waals surface area contributed by atoms with E-state index >= 15 is 0 Å². The minimum atomic E-state index is -4.72. The molecule has 0 atom stereocenters. The number of hydrogen-bond acceptors (Lipinski definition) is 5. The van der Waals surface area contributed by atoms with Crippen molar-refractivity contribution >= 4 is 21.8 Å². The zero-order valence-electron chi connectivity index (χ0n) is 21.4. The highest BCUT2D eigenvalue weighted by Crippen LogP contribution is 2.34. The summed E-state index contributed by atoms with van der Waals surface area (Å²) < 4.78 is 75.3. The van der Waals surface area contributed by atoms with Gasteiger partial charge in [-0.15, -0.1) is 0 Å². The van der Waals surface area contributed by atoms with Gasteiger partial charge in [0.1, 0.15) is 4.90 Å². The molecular weight excluding hydrogens is 521 g/mol. The normalized spacial score (nSPS) is 11.8. The first-order chi connectivity index (χ1) is 17.8. The first-order valence-corrected chi connectivity index (χ1v) is 13.2. The Morgan fingerprint density at radius 2 is 1.68 bits per heavy atom. The van der Waals surface area contributed by atoms with Crippen LogP contribution in [0.15, 0.2) is 71.6 Å². The molecule has 7 nitrogen and oxygen atoms in total. The number of aryl methyl sites for hydroxylation is 1. The number of anilines is 1. The van der Waals surface area contributed by atoms with E-state index in [1.165, 1.54) is 19.2 Å². The lowest BCUT2D eigenvalue weighted by Gasteiger charge is -2.27. The second-order valence-electron chi connectivity index (χ2n) is 8.75. The van der Waals surface area contributed by atoms with Crippen molar-refractivity contribution in [1.82, 2.24) is 4.90 Å². The van der Waals surface area contributed by atoms with E-state index in [-0.39, 0.29) is 30.1 Å². The first-order valence-electron chi connectivity index (χ1n) is 11.8.